The second-order valence-corrected chi connectivity index (χ2v) is 10.7. The molecule has 10 heteroatoms. The molecule has 0 aliphatic carbocycles. The number of hydrogen-bond acceptors (Lipinski definition) is 5. The molecular formula is C29H35ClN4O5. The summed E-state index contributed by atoms with van der Waals surface area (Å²) in [6.07, 6.45) is 2.81. The maximum atomic E-state index is 13.7. The minimum atomic E-state index is -1.01. The Labute approximate surface area is 233 Å². The molecular weight excluding hydrogens is 520 g/mol. The summed E-state index contributed by atoms with van der Waals surface area (Å²) in [6, 6.07) is 13.7. The standard InChI is InChI=1S/C29H35ClN4O5/c30-21-12-10-20(11-13-21)17-23(31)28(38)34-15-5-9-25(34)29(39)33-14-4-8-24(33)27(37)32-22(18-26(35)36)16-19-6-2-1-3-7-19/h1-3,6-7,10-13,22-25H,4-5,8-9,14-18,31H2,(H,32,37)(H,35,36)/t22-,23-,24-,25-/m0/s1. The molecule has 0 bridgehead atoms. The zero-order chi connectivity index (χ0) is 27.9. The zero-order valence-corrected chi connectivity index (χ0v) is 22.6. The third kappa shape index (κ3) is 7.36. The van der Waals surface area contributed by atoms with E-state index in [0.717, 1.165) is 11.1 Å². The Morgan fingerprint density at radius 2 is 1.51 bits per heavy atom. The minimum absolute atomic E-state index is 0.224. The van der Waals surface area contributed by atoms with Gasteiger partial charge in [-0.25, -0.2) is 0 Å². The van der Waals surface area contributed by atoms with Crippen LogP contribution >= 0.6 is 11.6 Å². The molecule has 0 saturated carbocycles. The molecule has 2 aliphatic rings. The first-order valence-electron chi connectivity index (χ1n) is 13.4. The lowest BCUT2D eigenvalue weighted by Crippen LogP contribution is -2.56. The van der Waals surface area contributed by atoms with Crippen LogP contribution in [0.2, 0.25) is 5.02 Å². The van der Waals surface area contributed by atoms with Crippen LogP contribution in [-0.2, 0) is 32.0 Å². The molecule has 39 heavy (non-hydrogen) atoms. The number of benzene rings is 2. The van der Waals surface area contributed by atoms with Crippen LogP contribution in [0, 0.1) is 0 Å². The number of carbonyl (C=O) groups excluding carboxylic acids is 3. The van der Waals surface area contributed by atoms with Crippen LogP contribution in [0.25, 0.3) is 0 Å². The lowest BCUT2D eigenvalue weighted by atomic mass is 10.0. The summed E-state index contributed by atoms with van der Waals surface area (Å²) in [5.74, 6) is -1.91. The molecule has 4 rings (SSSR count). The number of aliphatic carboxylic acids is 1. The fourth-order valence-electron chi connectivity index (χ4n) is 5.54. The second kappa shape index (κ2) is 13.1. The van der Waals surface area contributed by atoms with Gasteiger partial charge in [0.25, 0.3) is 0 Å². The van der Waals surface area contributed by atoms with Crippen LogP contribution in [0.15, 0.2) is 54.6 Å². The molecule has 2 saturated heterocycles. The number of carboxylic acid groups (broad SMARTS) is 1. The topological polar surface area (TPSA) is 133 Å². The number of nitrogens with two attached hydrogens (primary N) is 1. The molecule has 2 aromatic carbocycles. The first kappa shape index (κ1) is 28.6. The molecule has 3 amide bonds. The molecule has 0 radical (unpaired) electrons. The van der Waals surface area contributed by atoms with Gasteiger partial charge in [-0.3, -0.25) is 19.2 Å². The maximum absolute atomic E-state index is 13.7. The van der Waals surface area contributed by atoms with Gasteiger partial charge in [0, 0.05) is 24.2 Å². The van der Waals surface area contributed by atoms with Crippen molar-refractivity contribution in [2.75, 3.05) is 13.1 Å². The van der Waals surface area contributed by atoms with Crippen LogP contribution in [0.3, 0.4) is 0 Å². The maximum Gasteiger partial charge on any atom is 0.305 e. The predicted octanol–water partition coefficient (Wildman–Crippen LogP) is 2.39. The molecule has 2 aromatic rings. The predicted molar refractivity (Wildman–Crippen MR) is 147 cm³/mol. The van der Waals surface area contributed by atoms with Crippen molar-refractivity contribution in [3.05, 3.63) is 70.7 Å². The molecule has 4 atom stereocenters. The molecule has 2 fully saturated rings. The highest BCUT2D eigenvalue weighted by Crippen LogP contribution is 2.26. The number of likely N-dealkylation sites (tertiary alicyclic amines) is 2. The molecule has 208 valence electrons. The van der Waals surface area contributed by atoms with Gasteiger partial charge in [-0.1, -0.05) is 54.1 Å². The van der Waals surface area contributed by atoms with Crippen LogP contribution in [0.5, 0.6) is 0 Å². The van der Waals surface area contributed by atoms with Gasteiger partial charge in [0.2, 0.25) is 17.7 Å². The van der Waals surface area contributed by atoms with Gasteiger partial charge >= 0.3 is 5.97 Å². The number of halogens is 1. The van der Waals surface area contributed by atoms with Crippen molar-refractivity contribution in [3.63, 3.8) is 0 Å². The smallest absolute Gasteiger partial charge is 0.305 e. The number of carbonyl (C=O) groups is 4. The molecule has 0 aromatic heterocycles. The third-order valence-corrected chi connectivity index (χ3v) is 7.69. The van der Waals surface area contributed by atoms with Crippen molar-refractivity contribution >= 4 is 35.3 Å². The molecule has 2 aliphatic heterocycles. The summed E-state index contributed by atoms with van der Waals surface area (Å²) >= 11 is 5.95. The van der Waals surface area contributed by atoms with Crippen molar-refractivity contribution in [1.29, 1.82) is 0 Å². The highest BCUT2D eigenvalue weighted by molar-refractivity contribution is 6.30. The second-order valence-electron chi connectivity index (χ2n) is 10.3. The van der Waals surface area contributed by atoms with Gasteiger partial charge in [0.05, 0.1) is 12.5 Å². The van der Waals surface area contributed by atoms with Gasteiger partial charge in [-0.2, -0.15) is 0 Å². The van der Waals surface area contributed by atoms with E-state index in [2.05, 4.69) is 5.32 Å². The Hall–Kier alpha value is -3.43. The molecule has 2 heterocycles. The quantitative estimate of drug-likeness (QED) is 0.413. The SMILES string of the molecule is N[C@@H](Cc1ccc(Cl)cc1)C(=O)N1CCC[C@H]1C(=O)N1CCC[C@H]1C(=O)N[C@H](CC(=O)O)Cc1ccccc1. The van der Waals surface area contributed by atoms with Crippen molar-refractivity contribution in [2.45, 2.75) is 69.1 Å². The van der Waals surface area contributed by atoms with E-state index in [4.69, 9.17) is 17.3 Å². The Bertz CT molecular complexity index is 1180. The van der Waals surface area contributed by atoms with Crippen molar-refractivity contribution in [2.24, 2.45) is 5.73 Å². The minimum Gasteiger partial charge on any atom is -0.481 e. The number of carboxylic acids is 1. The van der Waals surface area contributed by atoms with E-state index in [9.17, 15) is 24.3 Å². The fourth-order valence-corrected chi connectivity index (χ4v) is 5.66. The van der Waals surface area contributed by atoms with Crippen LogP contribution in [0.1, 0.15) is 43.2 Å². The molecule has 4 N–H and O–H groups in total. The Balaban J connectivity index is 1.40. The van der Waals surface area contributed by atoms with E-state index in [-0.39, 0.29) is 24.1 Å². The summed E-state index contributed by atoms with van der Waals surface area (Å²) in [4.78, 5) is 54.8. The highest BCUT2D eigenvalue weighted by Gasteiger charge is 2.43. The summed E-state index contributed by atoms with van der Waals surface area (Å²) in [7, 11) is 0. The molecule has 0 unspecified atom stereocenters. The highest BCUT2D eigenvalue weighted by atomic mass is 35.5. The number of nitrogens with zero attached hydrogens (tertiary/aromatic N) is 2. The largest absolute Gasteiger partial charge is 0.481 e. The van der Waals surface area contributed by atoms with E-state index in [0.29, 0.717) is 56.6 Å². The van der Waals surface area contributed by atoms with E-state index in [1.807, 2.05) is 42.5 Å². The van der Waals surface area contributed by atoms with E-state index >= 15 is 0 Å². The van der Waals surface area contributed by atoms with Crippen molar-refractivity contribution < 1.29 is 24.3 Å². The fraction of sp³-hybridized carbons (Fsp3) is 0.448. The monoisotopic (exact) mass is 554 g/mol. The van der Waals surface area contributed by atoms with Crippen LogP contribution in [-0.4, -0.2) is 75.9 Å². The summed E-state index contributed by atoms with van der Waals surface area (Å²) in [6.45, 7) is 0.848. The number of amides is 3. The average Bonchev–Trinajstić information content (AvgIpc) is 3.60. The summed E-state index contributed by atoms with van der Waals surface area (Å²) < 4.78 is 0. The van der Waals surface area contributed by atoms with E-state index in [1.54, 1.807) is 21.9 Å². The molecule has 0 spiro atoms. The van der Waals surface area contributed by atoms with Gasteiger partial charge in [0.15, 0.2) is 0 Å². The van der Waals surface area contributed by atoms with Gasteiger partial charge in [-0.05, 0) is 61.8 Å². The average molecular weight is 555 g/mol. The Morgan fingerprint density at radius 1 is 0.897 bits per heavy atom. The first-order valence-corrected chi connectivity index (χ1v) is 13.8. The number of hydrogen-bond donors (Lipinski definition) is 3. The van der Waals surface area contributed by atoms with Gasteiger partial charge in [0.1, 0.15) is 12.1 Å². The van der Waals surface area contributed by atoms with Crippen molar-refractivity contribution in [1.82, 2.24) is 15.1 Å². The molecule has 9 nitrogen and oxygen atoms in total. The Kier molecular flexibility index (Phi) is 9.59. The normalized spacial score (nSPS) is 20.5. The number of rotatable bonds is 10. The van der Waals surface area contributed by atoms with Crippen LogP contribution in [0.4, 0.5) is 0 Å². The van der Waals surface area contributed by atoms with Gasteiger partial charge in [-0.15, -0.1) is 0 Å². The van der Waals surface area contributed by atoms with Crippen LogP contribution < -0.4 is 11.1 Å². The van der Waals surface area contributed by atoms with E-state index < -0.39 is 30.1 Å². The lowest BCUT2D eigenvalue weighted by molar-refractivity contribution is -0.147. The lowest BCUT2D eigenvalue weighted by Gasteiger charge is -2.32. The summed E-state index contributed by atoms with van der Waals surface area (Å²) in [5, 5.41) is 12.9. The summed E-state index contributed by atoms with van der Waals surface area (Å²) in [5.41, 5.74) is 8.05. The van der Waals surface area contributed by atoms with Gasteiger partial charge < -0.3 is 26.0 Å². The first-order chi connectivity index (χ1) is 18.7. The Morgan fingerprint density at radius 3 is 2.18 bits per heavy atom. The zero-order valence-electron chi connectivity index (χ0n) is 21.8. The number of nitrogens with one attached hydrogen (secondary N) is 1. The third-order valence-electron chi connectivity index (χ3n) is 7.44. The van der Waals surface area contributed by atoms with E-state index in [1.165, 1.54) is 0 Å². The van der Waals surface area contributed by atoms with Crippen molar-refractivity contribution in [3.8, 4) is 0 Å².